The van der Waals surface area contributed by atoms with E-state index in [0.717, 1.165) is 36.1 Å². The molecule has 0 aromatic heterocycles. The van der Waals surface area contributed by atoms with Crippen LogP contribution in [-0.2, 0) is 4.79 Å². The number of hydrogen-bond acceptors (Lipinski definition) is 3. The molecule has 0 aliphatic carbocycles. The van der Waals surface area contributed by atoms with Crippen LogP contribution in [0.4, 0.5) is 5.69 Å². The van der Waals surface area contributed by atoms with E-state index in [0.29, 0.717) is 18.6 Å². The van der Waals surface area contributed by atoms with Crippen LogP contribution in [0.15, 0.2) is 28.7 Å². The number of carbonyl (C=O) groups excluding carboxylic acids is 1. The molecule has 0 spiro atoms. The van der Waals surface area contributed by atoms with Crippen molar-refractivity contribution in [3.8, 4) is 0 Å². The summed E-state index contributed by atoms with van der Waals surface area (Å²) in [6.07, 6.45) is 2.16. The summed E-state index contributed by atoms with van der Waals surface area (Å²) >= 11 is 3.42. The second-order valence-electron chi connectivity index (χ2n) is 5.56. The molecule has 1 amide bonds. The third kappa shape index (κ3) is 4.80. The van der Waals surface area contributed by atoms with Crippen LogP contribution in [0.25, 0.3) is 0 Å². The molecule has 1 aromatic carbocycles. The van der Waals surface area contributed by atoms with E-state index in [1.54, 1.807) is 0 Å². The SMILES string of the molecule is CCC1CN(CC(=O)Nc2cccc(Br)c2)C(CC)CN1. The highest BCUT2D eigenvalue weighted by molar-refractivity contribution is 9.10. The van der Waals surface area contributed by atoms with Crippen LogP contribution in [0.2, 0.25) is 0 Å². The van der Waals surface area contributed by atoms with E-state index < -0.39 is 0 Å². The van der Waals surface area contributed by atoms with Crippen LogP contribution < -0.4 is 10.6 Å². The van der Waals surface area contributed by atoms with Crippen LogP contribution in [0.5, 0.6) is 0 Å². The molecule has 0 radical (unpaired) electrons. The summed E-state index contributed by atoms with van der Waals surface area (Å²) in [5.74, 6) is 0.0586. The highest BCUT2D eigenvalue weighted by Gasteiger charge is 2.27. The number of amides is 1. The maximum absolute atomic E-state index is 12.3. The molecule has 21 heavy (non-hydrogen) atoms. The largest absolute Gasteiger partial charge is 0.325 e. The van der Waals surface area contributed by atoms with Crippen LogP contribution in [0.3, 0.4) is 0 Å². The quantitative estimate of drug-likeness (QED) is 0.855. The van der Waals surface area contributed by atoms with Gasteiger partial charge in [-0.15, -0.1) is 0 Å². The zero-order valence-electron chi connectivity index (χ0n) is 12.7. The van der Waals surface area contributed by atoms with Crippen molar-refractivity contribution in [3.63, 3.8) is 0 Å². The number of anilines is 1. The Kier molecular flexibility index (Phi) is 6.21. The van der Waals surface area contributed by atoms with E-state index in [1.165, 1.54) is 0 Å². The minimum atomic E-state index is 0.0586. The lowest BCUT2D eigenvalue weighted by atomic mass is 10.1. The molecule has 1 heterocycles. The summed E-state index contributed by atoms with van der Waals surface area (Å²) in [6, 6.07) is 8.64. The van der Waals surface area contributed by atoms with Crippen molar-refractivity contribution in [3.05, 3.63) is 28.7 Å². The average Bonchev–Trinajstić information content (AvgIpc) is 2.47. The molecule has 116 valence electrons. The molecular weight excluding hydrogens is 330 g/mol. The first-order valence-corrected chi connectivity index (χ1v) is 8.44. The summed E-state index contributed by atoms with van der Waals surface area (Å²) in [4.78, 5) is 14.6. The first-order valence-electron chi connectivity index (χ1n) is 7.65. The predicted molar refractivity (Wildman–Crippen MR) is 90.5 cm³/mol. The second-order valence-corrected chi connectivity index (χ2v) is 6.48. The number of rotatable bonds is 5. The summed E-state index contributed by atoms with van der Waals surface area (Å²) in [6.45, 7) is 6.74. The molecule has 2 atom stereocenters. The van der Waals surface area contributed by atoms with E-state index in [2.05, 4.69) is 45.3 Å². The van der Waals surface area contributed by atoms with Gasteiger partial charge in [-0.05, 0) is 31.0 Å². The summed E-state index contributed by atoms with van der Waals surface area (Å²) in [7, 11) is 0. The highest BCUT2D eigenvalue weighted by Crippen LogP contribution is 2.16. The summed E-state index contributed by atoms with van der Waals surface area (Å²) in [5.41, 5.74) is 0.838. The normalized spacial score (nSPS) is 23.0. The van der Waals surface area contributed by atoms with E-state index >= 15 is 0 Å². The lowest BCUT2D eigenvalue weighted by molar-refractivity contribution is -0.118. The van der Waals surface area contributed by atoms with Gasteiger partial charge in [0.25, 0.3) is 0 Å². The fourth-order valence-corrected chi connectivity index (χ4v) is 3.15. The fraction of sp³-hybridized carbons (Fsp3) is 0.562. The number of piperazine rings is 1. The first kappa shape index (κ1) is 16.5. The Hall–Kier alpha value is -0.910. The Balaban J connectivity index is 1.93. The van der Waals surface area contributed by atoms with Gasteiger partial charge in [0.15, 0.2) is 0 Å². The van der Waals surface area contributed by atoms with Gasteiger partial charge in [-0.25, -0.2) is 0 Å². The van der Waals surface area contributed by atoms with Gasteiger partial charge < -0.3 is 10.6 Å². The molecule has 0 saturated carbocycles. The monoisotopic (exact) mass is 353 g/mol. The zero-order chi connectivity index (χ0) is 15.2. The van der Waals surface area contributed by atoms with Gasteiger partial charge in [-0.2, -0.15) is 0 Å². The summed E-state index contributed by atoms with van der Waals surface area (Å²) in [5, 5.41) is 6.53. The van der Waals surface area contributed by atoms with E-state index in [-0.39, 0.29) is 5.91 Å². The number of halogens is 1. The third-order valence-corrected chi connectivity index (χ3v) is 4.53. The smallest absolute Gasteiger partial charge is 0.238 e. The van der Waals surface area contributed by atoms with Crippen molar-refractivity contribution in [2.45, 2.75) is 38.8 Å². The molecule has 1 fully saturated rings. The maximum atomic E-state index is 12.3. The van der Waals surface area contributed by atoms with Gasteiger partial charge in [0.2, 0.25) is 5.91 Å². The molecule has 2 rings (SSSR count). The van der Waals surface area contributed by atoms with Crippen LogP contribution in [0.1, 0.15) is 26.7 Å². The molecule has 0 bridgehead atoms. The first-order chi connectivity index (χ1) is 10.1. The Bertz CT molecular complexity index is 480. The average molecular weight is 354 g/mol. The van der Waals surface area contributed by atoms with E-state index in [1.807, 2.05) is 24.3 Å². The van der Waals surface area contributed by atoms with Crippen molar-refractivity contribution >= 4 is 27.5 Å². The van der Waals surface area contributed by atoms with Crippen LogP contribution in [0, 0.1) is 0 Å². The van der Waals surface area contributed by atoms with Gasteiger partial charge in [-0.3, -0.25) is 9.69 Å². The zero-order valence-corrected chi connectivity index (χ0v) is 14.3. The number of nitrogens with one attached hydrogen (secondary N) is 2. The van der Waals surface area contributed by atoms with E-state index in [4.69, 9.17) is 0 Å². The molecule has 2 N–H and O–H groups in total. The Morgan fingerprint density at radius 2 is 2.24 bits per heavy atom. The Labute approximate surface area is 135 Å². The molecule has 4 nitrogen and oxygen atoms in total. The highest BCUT2D eigenvalue weighted by atomic mass is 79.9. The van der Waals surface area contributed by atoms with Crippen LogP contribution in [-0.4, -0.2) is 42.5 Å². The standard InChI is InChI=1S/C16H24BrN3O/c1-3-13-10-20(15(4-2)9-18-13)11-16(21)19-14-7-5-6-12(17)8-14/h5-8,13,15,18H,3-4,9-11H2,1-2H3,(H,19,21). The van der Waals surface area contributed by atoms with Crippen molar-refractivity contribution in [1.82, 2.24) is 10.2 Å². The number of nitrogens with zero attached hydrogens (tertiary/aromatic N) is 1. The Morgan fingerprint density at radius 3 is 2.90 bits per heavy atom. The maximum Gasteiger partial charge on any atom is 0.238 e. The van der Waals surface area contributed by atoms with Gasteiger partial charge in [0.05, 0.1) is 6.54 Å². The molecule has 1 saturated heterocycles. The van der Waals surface area contributed by atoms with Crippen molar-refractivity contribution in [2.24, 2.45) is 0 Å². The molecule has 1 aromatic rings. The molecular formula is C16H24BrN3O. The van der Waals surface area contributed by atoms with E-state index in [9.17, 15) is 4.79 Å². The minimum Gasteiger partial charge on any atom is -0.325 e. The molecule has 5 heteroatoms. The van der Waals surface area contributed by atoms with Crippen molar-refractivity contribution in [1.29, 1.82) is 0 Å². The minimum absolute atomic E-state index is 0.0586. The lowest BCUT2D eigenvalue weighted by Crippen LogP contribution is -2.57. The number of benzene rings is 1. The van der Waals surface area contributed by atoms with Gasteiger partial charge in [0, 0.05) is 35.3 Å². The van der Waals surface area contributed by atoms with Gasteiger partial charge in [0.1, 0.15) is 0 Å². The molecule has 1 aliphatic heterocycles. The molecule has 2 unspecified atom stereocenters. The van der Waals surface area contributed by atoms with Crippen molar-refractivity contribution < 1.29 is 4.79 Å². The van der Waals surface area contributed by atoms with Crippen LogP contribution >= 0.6 is 15.9 Å². The topological polar surface area (TPSA) is 44.4 Å². The fourth-order valence-electron chi connectivity index (χ4n) is 2.75. The lowest BCUT2D eigenvalue weighted by Gasteiger charge is -2.39. The molecule has 1 aliphatic rings. The predicted octanol–water partition coefficient (Wildman–Crippen LogP) is 2.85. The van der Waals surface area contributed by atoms with Gasteiger partial charge >= 0.3 is 0 Å². The number of hydrogen-bond donors (Lipinski definition) is 2. The number of carbonyl (C=O) groups is 1. The van der Waals surface area contributed by atoms with Gasteiger partial charge in [-0.1, -0.05) is 35.8 Å². The Morgan fingerprint density at radius 1 is 1.43 bits per heavy atom. The van der Waals surface area contributed by atoms with Crippen molar-refractivity contribution in [2.75, 3.05) is 25.0 Å². The second kappa shape index (κ2) is 7.92. The third-order valence-electron chi connectivity index (χ3n) is 4.03. The summed E-state index contributed by atoms with van der Waals surface area (Å²) < 4.78 is 0.972.